The van der Waals surface area contributed by atoms with Crippen LogP contribution in [0.15, 0.2) is 28.7 Å². The van der Waals surface area contributed by atoms with Gasteiger partial charge in [-0.3, -0.25) is 0 Å². The van der Waals surface area contributed by atoms with Gasteiger partial charge in [-0.2, -0.15) is 0 Å². The Morgan fingerprint density at radius 1 is 1.22 bits per heavy atom. The second-order valence-corrected chi connectivity index (χ2v) is 4.51. The summed E-state index contributed by atoms with van der Waals surface area (Å²) in [7, 11) is 0. The molecule has 0 aliphatic rings. The van der Waals surface area contributed by atoms with Gasteiger partial charge >= 0.3 is 0 Å². The number of benzene rings is 1. The van der Waals surface area contributed by atoms with Gasteiger partial charge in [-0.25, -0.2) is 4.39 Å². The van der Waals surface area contributed by atoms with Crippen molar-refractivity contribution >= 4 is 11.4 Å². The third-order valence-corrected chi connectivity index (χ3v) is 2.85. The molecule has 1 heterocycles. The van der Waals surface area contributed by atoms with Crippen LogP contribution >= 0.6 is 0 Å². The standard InChI is InChI=1S/C14H17FN2O/c1-8-4-14(10(3)18-8)9(2)17-13-6-11(15)5-12(16)7-13/h4-7,9,17H,16H2,1-3H3. The Kier molecular flexibility index (Phi) is 3.28. The molecule has 1 aromatic carbocycles. The molecule has 0 saturated heterocycles. The molecule has 0 radical (unpaired) electrons. The second kappa shape index (κ2) is 4.72. The molecule has 1 atom stereocenters. The average Bonchev–Trinajstić information content (AvgIpc) is 2.56. The van der Waals surface area contributed by atoms with E-state index in [2.05, 4.69) is 5.32 Å². The van der Waals surface area contributed by atoms with Crippen LogP contribution < -0.4 is 11.1 Å². The highest BCUT2D eigenvalue weighted by molar-refractivity contribution is 5.55. The molecule has 3 N–H and O–H groups in total. The van der Waals surface area contributed by atoms with E-state index >= 15 is 0 Å². The van der Waals surface area contributed by atoms with Crippen molar-refractivity contribution in [2.24, 2.45) is 0 Å². The fourth-order valence-corrected chi connectivity index (χ4v) is 2.10. The molecule has 2 rings (SSSR count). The second-order valence-electron chi connectivity index (χ2n) is 4.51. The van der Waals surface area contributed by atoms with E-state index in [0.29, 0.717) is 11.4 Å². The minimum atomic E-state index is -0.343. The van der Waals surface area contributed by atoms with Crippen LogP contribution in [-0.4, -0.2) is 0 Å². The molecule has 1 aromatic heterocycles. The quantitative estimate of drug-likeness (QED) is 0.812. The van der Waals surface area contributed by atoms with Gasteiger partial charge in [-0.05, 0) is 45.0 Å². The highest BCUT2D eigenvalue weighted by atomic mass is 19.1. The third-order valence-electron chi connectivity index (χ3n) is 2.85. The highest BCUT2D eigenvalue weighted by Crippen LogP contribution is 2.26. The van der Waals surface area contributed by atoms with Gasteiger partial charge in [0.05, 0.1) is 6.04 Å². The number of hydrogen-bond donors (Lipinski definition) is 2. The number of anilines is 2. The molecule has 0 spiro atoms. The van der Waals surface area contributed by atoms with Gasteiger partial charge in [0.25, 0.3) is 0 Å². The fraction of sp³-hybridized carbons (Fsp3) is 0.286. The van der Waals surface area contributed by atoms with Gasteiger partial charge in [0.1, 0.15) is 17.3 Å². The average molecular weight is 248 g/mol. The Morgan fingerprint density at radius 3 is 2.50 bits per heavy atom. The van der Waals surface area contributed by atoms with Crippen LogP contribution in [0.25, 0.3) is 0 Å². The van der Waals surface area contributed by atoms with Gasteiger partial charge < -0.3 is 15.5 Å². The largest absolute Gasteiger partial charge is 0.466 e. The van der Waals surface area contributed by atoms with E-state index in [0.717, 1.165) is 17.1 Å². The van der Waals surface area contributed by atoms with Gasteiger partial charge in [0.15, 0.2) is 0 Å². The smallest absolute Gasteiger partial charge is 0.127 e. The molecule has 2 aromatic rings. The number of hydrogen-bond acceptors (Lipinski definition) is 3. The lowest BCUT2D eigenvalue weighted by Gasteiger charge is -2.15. The van der Waals surface area contributed by atoms with E-state index in [1.165, 1.54) is 12.1 Å². The van der Waals surface area contributed by atoms with Crippen LogP contribution in [-0.2, 0) is 0 Å². The topological polar surface area (TPSA) is 51.2 Å². The van der Waals surface area contributed by atoms with Crippen molar-refractivity contribution in [3.8, 4) is 0 Å². The Balaban J connectivity index is 2.20. The van der Waals surface area contributed by atoms with E-state index in [1.807, 2.05) is 26.8 Å². The summed E-state index contributed by atoms with van der Waals surface area (Å²) in [5.41, 5.74) is 7.75. The maximum absolute atomic E-state index is 13.2. The normalized spacial score (nSPS) is 12.4. The Bertz CT molecular complexity index is 543. The lowest BCUT2D eigenvalue weighted by molar-refractivity contribution is 0.500. The molecule has 1 unspecified atom stereocenters. The summed E-state index contributed by atoms with van der Waals surface area (Å²) < 4.78 is 18.7. The lowest BCUT2D eigenvalue weighted by Crippen LogP contribution is -2.07. The first-order chi connectivity index (χ1) is 8.45. The van der Waals surface area contributed by atoms with Crippen LogP contribution in [0.3, 0.4) is 0 Å². The minimum absolute atomic E-state index is 0.0312. The lowest BCUT2D eigenvalue weighted by atomic mass is 10.1. The van der Waals surface area contributed by atoms with Crippen molar-refractivity contribution in [1.82, 2.24) is 0 Å². The molecule has 3 nitrogen and oxygen atoms in total. The van der Waals surface area contributed by atoms with E-state index in [4.69, 9.17) is 10.2 Å². The van der Waals surface area contributed by atoms with Gasteiger partial charge in [0.2, 0.25) is 0 Å². The first-order valence-corrected chi connectivity index (χ1v) is 5.85. The van der Waals surface area contributed by atoms with E-state index in [-0.39, 0.29) is 11.9 Å². The van der Waals surface area contributed by atoms with Crippen LogP contribution in [0.2, 0.25) is 0 Å². The van der Waals surface area contributed by atoms with Crippen molar-refractivity contribution in [2.45, 2.75) is 26.8 Å². The van der Waals surface area contributed by atoms with E-state index < -0.39 is 0 Å². The van der Waals surface area contributed by atoms with Crippen LogP contribution in [0.1, 0.15) is 30.0 Å². The summed E-state index contributed by atoms with van der Waals surface area (Å²) in [6.07, 6.45) is 0. The zero-order valence-corrected chi connectivity index (χ0v) is 10.8. The Morgan fingerprint density at radius 2 is 1.94 bits per heavy atom. The predicted molar refractivity (Wildman–Crippen MR) is 71.0 cm³/mol. The number of furan rings is 1. The number of nitrogen functional groups attached to an aromatic ring is 1. The zero-order chi connectivity index (χ0) is 13.3. The maximum atomic E-state index is 13.2. The molecule has 0 fully saturated rings. The fourth-order valence-electron chi connectivity index (χ4n) is 2.10. The zero-order valence-electron chi connectivity index (χ0n) is 10.8. The van der Waals surface area contributed by atoms with Crippen molar-refractivity contribution in [2.75, 3.05) is 11.1 Å². The minimum Gasteiger partial charge on any atom is -0.466 e. The SMILES string of the molecule is Cc1cc(C(C)Nc2cc(N)cc(F)c2)c(C)o1. The van der Waals surface area contributed by atoms with Crippen LogP contribution in [0, 0.1) is 19.7 Å². The number of nitrogens with two attached hydrogens (primary N) is 1. The summed E-state index contributed by atoms with van der Waals surface area (Å²) in [4.78, 5) is 0. The summed E-state index contributed by atoms with van der Waals surface area (Å²) in [5, 5.41) is 3.21. The van der Waals surface area contributed by atoms with E-state index in [1.54, 1.807) is 6.07 Å². The molecule has 4 heteroatoms. The first-order valence-electron chi connectivity index (χ1n) is 5.85. The van der Waals surface area contributed by atoms with E-state index in [9.17, 15) is 4.39 Å². The molecular weight excluding hydrogens is 231 g/mol. The van der Waals surface area contributed by atoms with Crippen LogP contribution in [0.5, 0.6) is 0 Å². The summed E-state index contributed by atoms with van der Waals surface area (Å²) in [6.45, 7) is 5.82. The van der Waals surface area contributed by atoms with Gasteiger partial charge in [-0.15, -0.1) is 0 Å². The predicted octanol–water partition coefficient (Wildman–Crippen LogP) is 3.79. The molecule has 0 aliphatic heterocycles. The molecule has 0 bridgehead atoms. The molecule has 18 heavy (non-hydrogen) atoms. The number of halogens is 1. The molecule has 0 amide bonds. The van der Waals surface area contributed by atoms with Crippen molar-refractivity contribution in [3.05, 3.63) is 47.2 Å². The molecule has 0 aliphatic carbocycles. The number of nitrogens with one attached hydrogen (secondary N) is 1. The van der Waals surface area contributed by atoms with Gasteiger partial charge in [-0.1, -0.05) is 0 Å². The summed E-state index contributed by atoms with van der Waals surface area (Å²) >= 11 is 0. The maximum Gasteiger partial charge on any atom is 0.127 e. The number of rotatable bonds is 3. The molecule has 0 saturated carbocycles. The Hall–Kier alpha value is -1.97. The summed E-state index contributed by atoms with van der Waals surface area (Å²) in [6, 6.07) is 6.44. The number of aryl methyl sites for hydroxylation is 2. The molecular formula is C14H17FN2O. The Labute approximate surface area is 106 Å². The highest BCUT2D eigenvalue weighted by Gasteiger charge is 2.12. The molecule has 96 valence electrons. The monoisotopic (exact) mass is 248 g/mol. The van der Waals surface area contributed by atoms with Crippen molar-refractivity contribution in [3.63, 3.8) is 0 Å². The summed E-state index contributed by atoms with van der Waals surface area (Å²) in [5.74, 6) is 1.40. The third kappa shape index (κ3) is 2.64. The van der Waals surface area contributed by atoms with Gasteiger partial charge in [0, 0.05) is 16.9 Å². The first kappa shape index (κ1) is 12.5. The van der Waals surface area contributed by atoms with Crippen molar-refractivity contribution in [1.29, 1.82) is 0 Å². The van der Waals surface area contributed by atoms with Crippen LogP contribution in [0.4, 0.5) is 15.8 Å². The van der Waals surface area contributed by atoms with Crippen molar-refractivity contribution < 1.29 is 8.81 Å².